The van der Waals surface area contributed by atoms with Crippen molar-refractivity contribution in [2.45, 2.75) is 13.5 Å². The molecule has 0 saturated heterocycles. The summed E-state index contributed by atoms with van der Waals surface area (Å²) in [4.78, 5) is 11.0. The van der Waals surface area contributed by atoms with E-state index in [2.05, 4.69) is 0 Å². The maximum atomic E-state index is 11.0. The predicted molar refractivity (Wildman–Crippen MR) is 42.3 cm³/mol. The summed E-state index contributed by atoms with van der Waals surface area (Å²) in [6, 6.07) is 7.28. The smallest absolute Gasteiger partial charge is 0.249 e. The number of pyridine rings is 1. The Bertz CT molecular complexity index is 344. The maximum Gasteiger partial charge on any atom is 0.249 e. The van der Waals surface area contributed by atoms with E-state index < -0.39 is 0 Å². The van der Waals surface area contributed by atoms with E-state index in [0.717, 1.165) is 0 Å². The van der Waals surface area contributed by atoms with Gasteiger partial charge in [0.05, 0.1) is 0 Å². The largest absolute Gasteiger partial charge is 1.00 e. The van der Waals surface area contributed by atoms with Gasteiger partial charge in [0, 0.05) is 19.1 Å². The number of Topliss-reactive ketones (excluding diaryl/α,β-unsaturated/α-hetero) is 1. The lowest BCUT2D eigenvalue weighted by Crippen LogP contribution is -3.00. The van der Waals surface area contributed by atoms with E-state index in [1.165, 1.54) is 6.92 Å². The Kier molecular flexibility index (Phi) is 4.71. The molecule has 0 aliphatic heterocycles. The summed E-state index contributed by atoms with van der Waals surface area (Å²) in [5.74, 6) is -0.0224. The van der Waals surface area contributed by atoms with Crippen LogP contribution in [0.1, 0.15) is 17.4 Å². The van der Waals surface area contributed by atoms with Crippen LogP contribution >= 0.6 is 0 Å². The van der Waals surface area contributed by atoms with Crippen LogP contribution in [0.3, 0.4) is 0 Å². The first-order valence-electron chi connectivity index (χ1n) is 3.62. The summed E-state index contributed by atoms with van der Waals surface area (Å²) >= 11 is 0. The van der Waals surface area contributed by atoms with Gasteiger partial charge < -0.3 is 12.4 Å². The number of halogens is 1. The molecule has 0 amide bonds. The van der Waals surface area contributed by atoms with Crippen molar-refractivity contribution < 1.29 is 21.8 Å². The lowest BCUT2D eigenvalue weighted by molar-refractivity contribution is -0.686. The maximum absolute atomic E-state index is 11.0. The Labute approximate surface area is 83.0 Å². The SMILES string of the molecule is CC(=O)c1cccc[n+]1CC#N.[Cl-]. The number of aromatic nitrogens is 1. The molecule has 0 aliphatic carbocycles. The van der Waals surface area contributed by atoms with Gasteiger partial charge in [0.15, 0.2) is 6.20 Å². The van der Waals surface area contributed by atoms with Crippen LogP contribution in [-0.2, 0) is 6.54 Å². The van der Waals surface area contributed by atoms with Crippen molar-refractivity contribution in [3.8, 4) is 6.07 Å². The van der Waals surface area contributed by atoms with E-state index >= 15 is 0 Å². The van der Waals surface area contributed by atoms with Gasteiger partial charge in [-0.2, -0.15) is 9.83 Å². The zero-order valence-corrected chi connectivity index (χ0v) is 7.95. The minimum absolute atomic E-state index is 0. The lowest BCUT2D eigenvalue weighted by atomic mass is 10.2. The Balaban J connectivity index is 0.00000144. The molecule has 1 aromatic heterocycles. The summed E-state index contributed by atoms with van der Waals surface area (Å²) in [6.07, 6.45) is 1.72. The second-order valence-corrected chi connectivity index (χ2v) is 2.43. The predicted octanol–water partition coefficient (Wildman–Crippen LogP) is -2.30. The van der Waals surface area contributed by atoms with Crippen molar-refractivity contribution in [3.63, 3.8) is 0 Å². The minimum Gasteiger partial charge on any atom is -1.00 e. The second kappa shape index (κ2) is 5.28. The van der Waals surface area contributed by atoms with Gasteiger partial charge in [-0.15, -0.1) is 0 Å². The van der Waals surface area contributed by atoms with E-state index in [4.69, 9.17) is 5.26 Å². The first-order chi connectivity index (χ1) is 5.75. The van der Waals surface area contributed by atoms with Crippen LogP contribution in [0.5, 0.6) is 0 Å². The fourth-order valence-corrected chi connectivity index (χ4v) is 1.01. The molecule has 0 atom stereocenters. The van der Waals surface area contributed by atoms with Gasteiger partial charge in [-0.25, -0.2) is 0 Å². The van der Waals surface area contributed by atoms with Gasteiger partial charge in [-0.1, -0.05) is 0 Å². The molecule has 0 bridgehead atoms. The molecule has 0 aliphatic rings. The molecule has 3 nitrogen and oxygen atoms in total. The van der Waals surface area contributed by atoms with Crippen LogP contribution in [-0.4, -0.2) is 5.78 Å². The number of rotatable bonds is 2. The molecule has 4 heteroatoms. The Morgan fingerprint density at radius 3 is 2.85 bits per heavy atom. The first-order valence-corrected chi connectivity index (χ1v) is 3.62. The highest BCUT2D eigenvalue weighted by Gasteiger charge is 2.12. The van der Waals surface area contributed by atoms with Crippen LogP contribution in [0, 0.1) is 11.3 Å². The standard InChI is InChI=1S/C9H9N2O.ClH/c1-8(12)9-4-2-3-6-11(9)7-5-10;/h2-4,6H,7H2,1H3;1H/q+1;/p-1. The molecular weight excluding hydrogens is 188 g/mol. The minimum atomic E-state index is -0.0224. The molecule has 0 spiro atoms. The molecule has 68 valence electrons. The Hall–Kier alpha value is -1.40. The van der Waals surface area contributed by atoms with Crippen LogP contribution in [0.2, 0.25) is 0 Å². The molecule has 0 saturated carbocycles. The summed E-state index contributed by atoms with van der Waals surface area (Å²) in [5.41, 5.74) is 0.569. The van der Waals surface area contributed by atoms with Crippen LogP contribution in [0.15, 0.2) is 24.4 Å². The van der Waals surface area contributed by atoms with Gasteiger partial charge in [0.1, 0.15) is 6.07 Å². The fourth-order valence-electron chi connectivity index (χ4n) is 1.01. The van der Waals surface area contributed by atoms with Gasteiger partial charge in [0.2, 0.25) is 18.0 Å². The molecule has 1 heterocycles. The number of hydrogen-bond acceptors (Lipinski definition) is 2. The third-order valence-corrected chi connectivity index (χ3v) is 1.54. The van der Waals surface area contributed by atoms with Gasteiger partial charge in [0.25, 0.3) is 0 Å². The third kappa shape index (κ3) is 2.85. The highest BCUT2D eigenvalue weighted by Crippen LogP contribution is 1.91. The summed E-state index contributed by atoms with van der Waals surface area (Å²) < 4.78 is 1.63. The number of nitrogens with zero attached hydrogens (tertiary/aromatic N) is 2. The van der Waals surface area contributed by atoms with Gasteiger partial charge in [-0.05, 0) is 6.07 Å². The van der Waals surface area contributed by atoms with Crippen LogP contribution in [0.4, 0.5) is 0 Å². The van der Waals surface area contributed by atoms with Crippen molar-refractivity contribution in [2.24, 2.45) is 0 Å². The lowest BCUT2D eigenvalue weighted by Gasteiger charge is -1.94. The van der Waals surface area contributed by atoms with Crippen molar-refractivity contribution in [3.05, 3.63) is 30.1 Å². The molecule has 0 fully saturated rings. The van der Waals surface area contributed by atoms with E-state index in [0.29, 0.717) is 5.69 Å². The molecule has 0 aromatic carbocycles. The van der Waals surface area contributed by atoms with Crippen molar-refractivity contribution >= 4 is 5.78 Å². The fraction of sp³-hybridized carbons (Fsp3) is 0.222. The first kappa shape index (κ1) is 11.6. The van der Waals surface area contributed by atoms with Crippen LogP contribution in [0.25, 0.3) is 0 Å². The molecule has 13 heavy (non-hydrogen) atoms. The topological polar surface area (TPSA) is 44.7 Å². The number of ketones is 1. The summed E-state index contributed by atoms with van der Waals surface area (Å²) in [7, 11) is 0. The number of hydrogen-bond donors (Lipinski definition) is 0. The van der Waals surface area contributed by atoms with E-state index in [9.17, 15) is 4.79 Å². The number of carbonyl (C=O) groups is 1. The average molecular weight is 197 g/mol. The van der Waals surface area contributed by atoms with Crippen molar-refractivity contribution in [1.29, 1.82) is 5.26 Å². The van der Waals surface area contributed by atoms with E-state index in [1.807, 2.05) is 6.07 Å². The zero-order valence-electron chi connectivity index (χ0n) is 7.20. The highest BCUT2D eigenvalue weighted by atomic mass is 35.5. The monoisotopic (exact) mass is 196 g/mol. The quantitative estimate of drug-likeness (QED) is 0.395. The third-order valence-electron chi connectivity index (χ3n) is 1.54. The molecule has 0 radical (unpaired) electrons. The Morgan fingerprint density at radius 1 is 1.62 bits per heavy atom. The number of nitriles is 1. The van der Waals surface area contributed by atoms with Crippen LogP contribution < -0.4 is 17.0 Å². The second-order valence-electron chi connectivity index (χ2n) is 2.43. The van der Waals surface area contributed by atoms with Crippen molar-refractivity contribution in [1.82, 2.24) is 0 Å². The van der Waals surface area contributed by atoms with Crippen molar-refractivity contribution in [2.75, 3.05) is 0 Å². The van der Waals surface area contributed by atoms with E-state index in [-0.39, 0.29) is 24.7 Å². The average Bonchev–Trinajstić information content (AvgIpc) is 2.05. The van der Waals surface area contributed by atoms with E-state index in [1.54, 1.807) is 29.0 Å². The number of carbonyl (C=O) groups excluding carboxylic acids is 1. The highest BCUT2D eigenvalue weighted by molar-refractivity contribution is 5.90. The molecule has 1 rings (SSSR count). The molecule has 1 aromatic rings. The molecule has 0 N–H and O–H groups in total. The van der Waals surface area contributed by atoms with Gasteiger partial charge >= 0.3 is 0 Å². The zero-order chi connectivity index (χ0) is 8.97. The molecule has 0 unspecified atom stereocenters. The summed E-state index contributed by atoms with van der Waals surface area (Å²) in [5, 5.41) is 8.44. The summed E-state index contributed by atoms with van der Waals surface area (Å²) in [6.45, 7) is 1.71. The van der Waals surface area contributed by atoms with Gasteiger partial charge in [-0.3, -0.25) is 4.79 Å². The molecular formula is C9H9ClN2O. The Morgan fingerprint density at radius 2 is 2.31 bits per heavy atom. The normalized spacial score (nSPS) is 8.31.